The zero-order valence-corrected chi connectivity index (χ0v) is 33.9. The number of nitrogens with zero attached hydrogens (tertiary/aromatic N) is 1. The van der Waals surface area contributed by atoms with Crippen LogP contribution in [0.2, 0.25) is 0 Å². The van der Waals surface area contributed by atoms with Crippen molar-refractivity contribution < 1.29 is 73.9 Å². The lowest BCUT2D eigenvalue weighted by Gasteiger charge is -2.30. The second-order valence-electron chi connectivity index (χ2n) is 15.4. The van der Waals surface area contributed by atoms with Crippen LogP contribution in [0.15, 0.2) is 131 Å². The summed E-state index contributed by atoms with van der Waals surface area (Å²) >= 11 is 0. The van der Waals surface area contributed by atoms with E-state index in [1.807, 2.05) is 0 Å². The molecule has 0 saturated heterocycles. The first-order chi connectivity index (χ1) is 30.2. The lowest BCUT2D eigenvalue weighted by Crippen LogP contribution is -2.42. The Bertz CT molecular complexity index is 3120. The number of alkyl halides is 13. The number of halogens is 13. The van der Waals surface area contributed by atoms with Crippen molar-refractivity contribution in [3.8, 4) is 33.4 Å². The number of benzene rings is 7. The minimum Gasteiger partial charge on any atom is -0.245 e. The lowest BCUT2D eigenvalue weighted by atomic mass is 9.87. The van der Waals surface area contributed by atoms with E-state index in [9.17, 15) is 52.7 Å². The van der Waals surface area contributed by atoms with Gasteiger partial charge >= 0.3 is 24.7 Å². The summed E-state index contributed by atoms with van der Waals surface area (Å²) in [6, 6.07) is 15.3. The van der Waals surface area contributed by atoms with Gasteiger partial charge in [0.05, 0.1) is 38.1 Å². The van der Waals surface area contributed by atoms with Crippen LogP contribution in [-0.4, -0.2) is 26.7 Å². The molecular formula is C45H24F13NO4S2. The Kier molecular flexibility index (Phi) is 9.87. The Morgan fingerprint density at radius 3 is 1.20 bits per heavy atom. The molecule has 20 heteroatoms. The Hall–Kier alpha value is -5.99. The zero-order chi connectivity index (χ0) is 47.0. The Balaban J connectivity index is 1.56. The molecule has 2 unspecified atom stereocenters. The molecule has 2 aliphatic rings. The van der Waals surface area contributed by atoms with E-state index in [1.165, 1.54) is 72.8 Å². The maximum Gasteiger partial charge on any atom is 0.416 e. The summed E-state index contributed by atoms with van der Waals surface area (Å²) in [4.78, 5) is -2.49. The summed E-state index contributed by atoms with van der Waals surface area (Å²) in [6.07, 6.45) is -25.0. The quantitative estimate of drug-likeness (QED) is 0.165. The van der Waals surface area contributed by atoms with E-state index >= 15 is 21.2 Å². The number of hydrogen-bond acceptors (Lipinski definition) is 4. The smallest absolute Gasteiger partial charge is 0.245 e. The highest BCUT2D eigenvalue weighted by Gasteiger charge is 2.54. The molecule has 5 nitrogen and oxygen atoms in total. The number of sulfonamides is 2. The molecule has 9 rings (SSSR count). The van der Waals surface area contributed by atoms with E-state index in [2.05, 4.69) is 0 Å². The standard InChI is InChI=1S/C45H24F13NO4S2/c46-36-19-24-9-3-6-12-33(24)39(36)59-64(60,61)40-34(25-13-27(42(47,48)49)20-28(14-25)43(50,51)52)17-22-7-1-4-10-31(22)37(40)38-32-11-5-2-8-23(32)18-35(41(38)65(59,62)63)26-15-29(44(53,54)55)21-30(16-26)45(56,57)58/h1-18,20-21,36,39H,19H2. The van der Waals surface area contributed by atoms with E-state index < -0.39 is 129 Å². The lowest BCUT2D eigenvalue weighted by molar-refractivity contribution is -0.144. The summed E-state index contributed by atoms with van der Waals surface area (Å²) < 4.78 is 253. The molecule has 0 N–H and O–H groups in total. The molecule has 1 aliphatic heterocycles. The van der Waals surface area contributed by atoms with Crippen LogP contribution in [0, 0.1) is 0 Å². The first kappa shape index (κ1) is 44.2. The van der Waals surface area contributed by atoms with Crippen molar-refractivity contribution >= 4 is 41.6 Å². The molecule has 65 heavy (non-hydrogen) atoms. The first-order valence-corrected chi connectivity index (χ1v) is 21.8. The summed E-state index contributed by atoms with van der Waals surface area (Å²) in [7, 11) is -12.1. The Labute approximate surface area is 359 Å². The second kappa shape index (κ2) is 14.5. The van der Waals surface area contributed by atoms with Crippen LogP contribution in [0.25, 0.3) is 54.9 Å². The van der Waals surface area contributed by atoms with Crippen LogP contribution in [0.5, 0.6) is 0 Å². The minimum absolute atomic E-state index is 0.0814. The summed E-state index contributed by atoms with van der Waals surface area (Å²) in [5, 5.41) is -0.660. The third-order valence-electron chi connectivity index (χ3n) is 11.4. The third kappa shape index (κ3) is 7.20. The molecule has 2 atom stereocenters. The van der Waals surface area contributed by atoms with E-state index in [0.717, 1.165) is 12.1 Å². The van der Waals surface area contributed by atoms with E-state index in [-0.39, 0.29) is 72.8 Å². The summed E-state index contributed by atoms with van der Waals surface area (Å²) in [6.45, 7) is 0. The van der Waals surface area contributed by atoms with Gasteiger partial charge in [0.1, 0.15) is 6.17 Å². The van der Waals surface area contributed by atoms with Crippen molar-refractivity contribution in [1.29, 1.82) is 0 Å². The minimum atomic E-state index is -6.07. The SMILES string of the molecule is O=S1(=O)c2c(-c3cc(C(F)(F)F)cc(C(F)(F)F)c3)cc3ccccc3c2-c2c(c(-c3cc(C(F)(F)F)cc(C(F)(F)F)c3)cc3ccccc23)S(=O)(=O)N1C1c2ccccc2CC1F. The monoisotopic (exact) mass is 953 g/mol. The van der Waals surface area contributed by atoms with E-state index in [0.29, 0.717) is 0 Å². The van der Waals surface area contributed by atoms with Gasteiger partial charge in [-0.25, -0.2) is 21.2 Å². The summed E-state index contributed by atoms with van der Waals surface area (Å²) in [5.41, 5.74) is -13.1. The Morgan fingerprint density at radius 1 is 0.462 bits per heavy atom. The first-order valence-electron chi connectivity index (χ1n) is 18.9. The molecule has 0 aromatic heterocycles. The maximum absolute atomic E-state index is 16.8. The van der Waals surface area contributed by atoms with Gasteiger partial charge in [0.15, 0.2) is 0 Å². The van der Waals surface area contributed by atoms with E-state index in [1.54, 1.807) is 0 Å². The van der Waals surface area contributed by atoms with Gasteiger partial charge in [-0.3, -0.25) is 0 Å². The van der Waals surface area contributed by atoms with Crippen LogP contribution >= 0.6 is 0 Å². The average Bonchev–Trinajstić information content (AvgIpc) is 3.52. The molecular weight excluding hydrogens is 930 g/mol. The van der Waals surface area contributed by atoms with Gasteiger partial charge in [-0.05, 0) is 92.3 Å². The molecule has 0 fully saturated rings. The molecule has 1 heterocycles. The average molecular weight is 954 g/mol. The normalized spacial score (nSPS) is 18.6. The largest absolute Gasteiger partial charge is 0.416 e. The second-order valence-corrected chi connectivity index (χ2v) is 19.1. The molecule has 7 aromatic carbocycles. The van der Waals surface area contributed by atoms with Gasteiger partial charge in [0.2, 0.25) is 0 Å². The Morgan fingerprint density at radius 2 is 0.815 bits per heavy atom. The fraction of sp³-hybridized carbons (Fsp3) is 0.156. The highest BCUT2D eigenvalue weighted by atomic mass is 32.3. The van der Waals surface area contributed by atoms with Gasteiger partial charge < -0.3 is 0 Å². The van der Waals surface area contributed by atoms with Gasteiger partial charge in [0.25, 0.3) is 20.0 Å². The predicted octanol–water partition coefficient (Wildman–Crippen LogP) is 13.4. The highest BCUT2D eigenvalue weighted by molar-refractivity contribution is 8.04. The van der Waals surface area contributed by atoms with Crippen molar-refractivity contribution in [2.24, 2.45) is 0 Å². The van der Waals surface area contributed by atoms with E-state index in [4.69, 9.17) is 0 Å². The molecule has 7 aromatic rings. The van der Waals surface area contributed by atoms with Crippen molar-refractivity contribution in [2.45, 2.75) is 53.1 Å². The van der Waals surface area contributed by atoms with Crippen LogP contribution in [-0.2, 0) is 51.2 Å². The van der Waals surface area contributed by atoms with Crippen LogP contribution in [0.3, 0.4) is 0 Å². The fourth-order valence-electron chi connectivity index (χ4n) is 8.72. The fourth-order valence-corrected chi connectivity index (χ4v) is 13.5. The van der Waals surface area contributed by atoms with Crippen LogP contribution in [0.1, 0.15) is 39.4 Å². The van der Waals surface area contributed by atoms with Crippen LogP contribution < -0.4 is 0 Å². The summed E-state index contributed by atoms with van der Waals surface area (Å²) in [5.74, 6) is 0. The molecule has 0 saturated carbocycles. The number of rotatable bonds is 3. The molecule has 0 amide bonds. The molecule has 336 valence electrons. The van der Waals surface area contributed by atoms with Crippen molar-refractivity contribution in [1.82, 2.24) is 3.71 Å². The van der Waals surface area contributed by atoms with Gasteiger partial charge in [-0.15, -0.1) is 0 Å². The van der Waals surface area contributed by atoms with Gasteiger partial charge in [0, 0.05) is 28.7 Å². The number of hydrogen-bond donors (Lipinski definition) is 0. The molecule has 0 spiro atoms. The maximum atomic E-state index is 16.8. The third-order valence-corrected chi connectivity index (χ3v) is 15.9. The van der Waals surface area contributed by atoms with Gasteiger partial charge in [-0.2, -0.15) is 52.7 Å². The van der Waals surface area contributed by atoms with Crippen molar-refractivity contribution in [3.05, 3.63) is 155 Å². The van der Waals surface area contributed by atoms with Crippen molar-refractivity contribution in [3.63, 3.8) is 0 Å². The molecule has 0 radical (unpaired) electrons. The van der Waals surface area contributed by atoms with Crippen molar-refractivity contribution in [2.75, 3.05) is 0 Å². The topological polar surface area (TPSA) is 71.5 Å². The zero-order valence-electron chi connectivity index (χ0n) is 32.2. The predicted molar refractivity (Wildman–Crippen MR) is 212 cm³/mol. The highest BCUT2D eigenvalue weighted by Crippen LogP contribution is 2.57. The molecule has 0 bridgehead atoms. The van der Waals surface area contributed by atoms with Crippen LogP contribution in [0.4, 0.5) is 57.1 Å². The number of fused-ring (bicyclic) bond motifs is 8. The van der Waals surface area contributed by atoms with Gasteiger partial charge in [-0.1, -0.05) is 76.5 Å². The molecule has 1 aliphatic carbocycles.